The van der Waals surface area contributed by atoms with Gasteiger partial charge in [0.1, 0.15) is 0 Å². The van der Waals surface area contributed by atoms with E-state index in [1.165, 1.54) is 6.07 Å². The van der Waals surface area contributed by atoms with E-state index in [0.29, 0.717) is 5.56 Å². The molecule has 0 radical (unpaired) electrons. The van der Waals surface area contributed by atoms with E-state index >= 15 is 0 Å². The molecule has 0 atom stereocenters. The quantitative estimate of drug-likeness (QED) is 0.759. The molecule has 5 nitrogen and oxygen atoms in total. The van der Waals surface area contributed by atoms with Gasteiger partial charge in [-0.1, -0.05) is 11.6 Å². The molecule has 0 aliphatic carbocycles. The van der Waals surface area contributed by atoms with E-state index in [0.717, 1.165) is 4.68 Å². The fourth-order valence-corrected chi connectivity index (χ4v) is 1.13. The van der Waals surface area contributed by atoms with E-state index in [2.05, 4.69) is 5.10 Å². The third-order valence-electron chi connectivity index (χ3n) is 2.06. The van der Waals surface area contributed by atoms with Gasteiger partial charge in [-0.05, 0) is 33.3 Å². The van der Waals surface area contributed by atoms with Crippen LogP contribution < -0.4 is 5.56 Å². The highest BCUT2D eigenvalue weighted by molar-refractivity contribution is 6.30. The average molecular weight is 259 g/mol. The van der Waals surface area contributed by atoms with Crippen molar-refractivity contribution in [1.82, 2.24) is 9.78 Å². The van der Waals surface area contributed by atoms with Gasteiger partial charge in [0, 0.05) is 6.07 Å². The number of halogens is 1. The van der Waals surface area contributed by atoms with Crippen LogP contribution in [0.3, 0.4) is 0 Å². The van der Waals surface area contributed by atoms with E-state index < -0.39 is 11.4 Å². The lowest BCUT2D eigenvalue weighted by Gasteiger charge is -2.16. The molecule has 1 heterocycles. The lowest BCUT2D eigenvalue weighted by atomic mass is 9.98. The summed E-state index contributed by atoms with van der Waals surface area (Å²) >= 11 is 5.78. The number of aromatic nitrogens is 2. The first-order valence-electron chi connectivity index (χ1n) is 5.13. The Hall–Kier alpha value is -1.36. The van der Waals surface area contributed by atoms with Gasteiger partial charge < -0.3 is 4.74 Å². The van der Waals surface area contributed by atoms with Gasteiger partial charge in [0.2, 0.25) is 0 Å². The second-order valence-corrected chi connectivity index (χ2v) is 5.12. The minimum Gasteiger partial charge on any atom is -0.442 e. The predicted octanol–water partition coefficient (Wildman–Crippen LogP) is 1.75. The minimum atomic E-state index is -0.613. The Kier molecular flexibility index (Phi) is 3.93. The molecular weight excluding hydrogens is 244 g/mol. The molecule has 0 saturated carbocycles. The maximum absolute atomic E-state index is 11.5. The van der Waals surface area contributed by atoms with Crippen molar-refractivity contribution in [2.45, 2.75) is 34.4 Å². The molecule has 1 aromatic heterocycles. The molecule has 0 unspecified atom stereocenters. The summed E-state index contributed by atoms with van der Waals surface area (Å²) in [4.78, 5) is 23.0. The Balaban J connectivity index is 2.81. The van der Waals surface area contributed by atoms with Crippen LogP contribution in [0.15, 0.2) is 10.9 Å². The van der Waals surface area contributed by atoms with Crippen LogP contribution in [0.25, 0.3) is 0 Å². The lowest BCUT2D eigenvalue weighted by Crippen LogP contribution is -2.29. The monoisotopic (exact) mass is 258 g/mol. The Labute approximate surface area is 104 Å². The maximum Gasteiger partial charge on any atom is 0.313 e. The second kappa shape index (κ2) is 4.87. The maximum atomic E-state index is 11.5. The van der Waals surface area contributed by atoms with Crippen LogP contribution in [0.2, 0.25) is 5.15 Å². The van der Waals surface area contributed by atoms with Crippen LogP contribution in [-0.4, -0.2) is 15.7 Å². The number of carbonyl (C=O) groups is 1. The molecule has 0 spiro atoms. The lowest BCUT2D eigenvalue weighted by molar-refractivity contribution is -0.157. The van der Waals surface area contributed by atoms with Crippen LogP contribution in [0.1, 0.15) is 26.3 Å². The van der Waals surface area contributed by atoms with Gasteiger partial charge in [0.05, 0.1) is 5.41 Å². The number of nitrogens with zero attached hydrogens (tertiary/aromatic N) is 2. The number of esters is 1. The van der Waals surface area contributed by atoms with Gasteiger partial charge in [0.15, 0.2) is 11.9 Å². The molecule has 17 heavy (non-hydrogen) atoms. The predicted molar refractivity (Wildman–Crippen MR) is 63.8 cm³/mol. The first-order chi connectivity index (χ1) is 7.71. The Morgan fingerprint density at radius 3 is 2.65 bits per heavy atom. The van der Waals surface area contributed by atoms with Crippen molar-refractivity contribution in [3.8, 4) is 0 Å². The summed E-state index contributed by atoms with van der Waals surface area (Å²) in [6.07, 6.45) is 0. The molecule has 1 rings (SSSR count). The molecule has 94 valence electrons. The molecule has 1 aromatic rings. The molecule has 0 fully saturated rings. The summed E-state index contributed by atoms with van der Waals surface area (Å²) in [5, 5.41) is 4.04. The zero-order valence-corrected chi connectivity index (χ0v) is 11.0. The number of ether oxygens (including phenoxy) is 1. The van der Waals surface area contributed by atoms with Crippen molar-refractivity contribution in [1.29, 1.82) is 0 Å². The summed E-state index contributed by atoms with van der Waals surface area (Å²) in [6, 6.07) is 1.35. The molecule has 0 amide bonds. The SMILES string of the molecule is Cc1cc(=O)n(COC(=O)C(C)(C)C)nc1Cl. The zero-order chi connectivity index (χ0) is 13.2. The topological polar surface area (TPSA) is 61.2 Å². The highest BCUT2D eigenvalue weighted by Crippen LogP contribution is 2.15. The second-order valence-electron chi connectivity index (χ2n) is 4.77. The first kappa shape index (κ1) is 13.7. The van der Waals surface area contributed by atoms with Crippen molar-refractivity contribution in [3.05, 3.63) is 27.1 Å². The largest absolute Gasteiger partial charge is 0.442 e. The van der Waals surface area contributed by atoms with Gasteiger partial charge in [-0.15, -0.1) is 0 Å². The van der Waals surface area contributed by atoms with E-state index in [1.54, 1.807) is 27.7 Å². The number of hydrogen-bond acceptors (Lipinski definition) is 4. The van der Waals surface area contributed by atoms with Gasteiger partial charge in [0.25, 0.3) is 5.56 Å². The minimum absolute atomic E-state index is 0.219. The van der Waals surface area contributed by atoms with Crippen LogP contribution >= 0.6 is 11.6 Å². The summed E-state index contributed by atoms with van der Waals surface area (Å²) in [5.74, 6) is -0.400. The van der Waals surface area contributed by atoms with Crippen LogP contribution in [0, 0.1) is 12.3 Å². The van der Waals surface area contributed by atoms with Crippen molar-refractivity contribution in [2.24, 2.45) is 5.41 Å². The highest BCUT2D eigenvalue weighted by atomic mass is 35.5. The summed E-state index contributed by atoms with van der Waals surface area (Å²) < 4.78 is 5.98. The van der Waals surface area contributed by atoms with Gasteiger partial charge >= 0.3 is 5.97 Å². The van der Waals surface area contributed by atoms with E-state index in [1.807, 2.05) is 0 Å². The van der Waals surface area contributed by atoms with E-state index in [9.17, 15) is 9.59 Å². The normalized spacial score (nSPS) is 11.4. The molecule has 0 aromatic carbocycles. The zero-order valence-electron chi connectivity index (χ0n) is 10.3. The molecular formula is C11H15ClN2O3. The highest BCUT2D eigenvalue weighted by Gasteiger charge is 2.23. The third kappa shape index (κ3) is 3.56. The molecule has 0 aliphatic heterocycles. The van der Waals surface area contributed by atoms with Crippen molar-refractivity contribution >= 4 is 17.6 Å². The molecule has 0 aliphatic rings. The Morgan fingerprint density at radius 1 is 1.53 bits per heavy atom. The molecule has 6 heteroatoms. The van der Waals surface area contributed by atoms with E-state index in [4.69, 9.17) is 16.3 Å². The Bertz CT molecular complexity index is 488. The Morgan fingerprint density at radius 2 is 2.12 bits per heavy atom. The standard InChI is InChI=1S/C11H15ClN2O3/c1-7-5-8(15)14(13-9(7)12)6-17-10(16)11(2,3)4/h5H,6H2,1-4H3. The summed E-state index contributed by atoms with van der Waals surface area (Å²) in [6.45, 7) is 6.64. The van der Waals surface area contributed by atoms with Crippen molar-refractivity contribution in [2.75, 3.05) is 0 Å². The number of rotatable bonds is 2. The van der Waals surface area contributed by atoms with Gasteiger partial charge in [-0.3, -0.25) is 9.59 Å². The number of aryl methyl sites for hydroxylation is 1. The van der Waals surface area contributed by atoms with Crippen LogP contribution in [-0.2, 0) is 16.3 Å². The van der Waals surface area contributed by atoms with Crippen molar-refractivity contribution in [3.63, 3.8) is 0 Å². The number of hydrogen-bond donors (Lipinski definition) is 0. The van der Waals surface area contributed by atoms with Crippen molar-refractivity contribution < 1.29 is 9.53 Å². The smallest absolute Gasteiger partial charge is 0.313 e. The first-order valence-corrected chi connectivity index (χ1v) is 5.51. The third-order valence-corrected chi connectivity index (χ3v) is 2.43. The summed E-state index contributed by atoms with van der Waals surface area (Å²) in [7, 11) is 0. The van der Waals surface area contributed by atoms with Gasteiger partial charge in [-0.25, -0.2) is 0 Å². The average Bonchev–Trinajstić information content (AvgIpc) is 2.19. The van der Waals surface area contributed by atoms with Gasteiger partial charge in [-0.2, -0.15) is 9.78 Å². The van der Waals surface area contributed by atoms with Crippen LogP contribution in [0.4, 0.5) is 0 Å². The van der Waals surface area contributed by atoms with Crippen LogP contribution in [0.5, 0.6) is 0 Å². The fraction of sp³-hybridized carbons (Fsp3) is 0.545. The molecule has 0 saturated heterocycles. The molecule has 0 N–H and O–H groups in total. The number of carbonyl (C=O) groups excluding carboxylic acids is 1. The fourth-order valence-electron chi connectivity index (χ4n) is 0.982. The molecule has 0 bridgehead atoms. The summed E-state index contributed by atoms with van der Waals surface area (Å²) in [5.41, 5.74) is -0.373. The van der Waals surface area contributed by atoms with E-state index in [-0.39, 0.29) is 17.4 Å².